The molecule has 2 amide bonds. The van der Waals surface area contributed by atoms with Crippen molar-refractivity contribution in [3.63, 3.8) is 0 Å². The van der Waals surface area contributed by atoms with Gasteiger partial charge in [0.15, 0.2) is 11.8 Å². The van der Waals surface area contributed by atoms with Crippen molar-refractivity contribution in [3.05, 3.63) is 16.1 Å². The topological polar surface area (TPSA) is 129 Å². The van der Waals surface area contributed by atoms with E-state index in [1.54, 1.807) is 11.9 Å². The number of amides is 2. The van der Waals surface area contributed by atoms with Crippen molar-refractivity contribution in [2.75, 3.05) is 20.1 Å². The molecule has 0 aliphatic carbocycles. The number of rotatable bonds is 13. The van der Waals surface area contributed by atoms with Gasteiger partial charge in [-0.15, -0.1) is 11.3 Å². The fourth-order valence-electron chi connectivity index (χ4n) is 4.83. The van der Waals surface area contributed by atoms with E-state index in [-0.39, 0.29) is 41.8 Å². The van der Waals surface area contributed by atoms with Crippen LogP contribution in [-0.4, -0.2) is 81.4 Å². The summed E-state index contributed by atoms with van der Waals surface area (Å²) < 4.78 is 5.54. The monoisotopic (exact) mass is 552 g/mol. The lowest BCUT2D eigenvalue weighted by molar-refractivity contribution is -0.149. The Morgan fingerprint density at radius 1 is 1.21 bits per heavy atom. The van der Waals surface area contributed by atoms with Crippen LogP contribution < -0.4 is 5.32 Å². The van der Waals surface area contributed by atoms with Gasteiger partial charge in [-0.2, -0.15) is 0 Å². The molecule has 1 aliphatic heterocycles. The summed E-state index contributed by atoms with van der Waals surface area (Å²) in [7, 11) is 1.70. The molecule has 11 heteroatoms. The van der Waals surface area contributed by atoms with Crippen molar-refractivity contribution in [2.24, 2.45) is 11.8 Å². The van der Waals surface area contributed by atoms with Gasteiger partial charge in [-0.3, -0.25) is 19.3 Å². The number of ether oxygens (including phenoxy) is 1. The largest absolute Gasteiger partial charge is 0.476 e. The van der Waals surface area contributed by atoms with E-state index in [0.29, 0.717) is 11.4 Å². The van der Waals surface area contributed by atoms with Gasteiger partial charge in [-0.1, -0.05) is 34.1 Å². The summed E-state index contributed by atoms with van der Waals surface area (Å²) in [6.45, 7) is 14.7. The Morgan fingerprint density at radius 2 is 1.82 bits per heavy atom. The maximum Gasteiger partial charge on any atom is 0.355 e. The number of thiazole rings is 1. The molecule has 2 rings (SSSR count). The molecule has 0 bridgehead atoms. The van der Waals surface area contributed by atoms with Crippen LogP contribution in [0, 0.1) is 11.8 Å². The molecule has 1 aliphatic rings. The van der Waals surface area contributed by atoms with Crippen LogP contribution >= 0.6 is 11.3 Å². The van der Waals surface area contributed by atoms with E-state index in [4.69, 9.17) is 4.74 Å². The molecule has 0 unspecified atom stereocenters. The average molecular weight is 553 g/mol. The molecular weight excluding hydrogens is 508 g/mol. The van der Waals surface area contributed by atoms with Gasteiger partial charge in [0.1, 0.15) is 11.0 Å². The molecule has 1 fully saturated rings. The Balaban J connectivity index is 2.29. The molecule has 0 spiro atoms. The number of hydrogen-bond acceptors (Lipinski definition) is 8. The van der Waals surface area contributed by atoms with Crippen LogP contribution in [0.5, 0.6) is 0 Å². The molecule has 4 atom stereocenters. The van der Waals surface area contributed by atoms with Crippen LogP contribution in [0.2, 0.25) is 0 Å². The van der Waals surface area contributed by atoms with Crippen molar-refractivity contribution >= 4 is 35.1 Å². The third-order valence-electron chi connectivity index (χ3n) is 7.61. The van der Waals surface area contributed by atoms with E-state index >= 15 is 0 Å². The zero-order chi connectivity index (χ0) is 28.8. The highest BCUT2D eigenvalue weighted by Crippen LogP contribution is 2.31. The van der Waals surface area contributed by atoms with Gasteiger partial charge in [0.25, 0.3) is 0 Å². The van der Waals surface area contributed by atoms with E-state index in [1.165, 1.54) is 12.3 Å². The molecule has 2 N–H and O–H groups in total. The number of likely N-dealkylation sites (tertiary alicyclic amines) is 1. The predicted octanol–water partition coefficient (Wildman–Crippen LogP) is 3.72. The molecule has 38 heavy (non-hydrogen) atoms. The number of carboxylic acid groups (broad SMARTS) is 1. The molecule has 214 valence electrons. The van der Waals surface area contributed by atoms with Gasteiger partial charge in [0.05, 0.1) is 5.54 Å². The molecule has 1 aromatic heterocycles. The molecule has 10 nitrogen and oxygen atoms in total. The number of carbonyl (C=O) groups excluding carboxylic acids is 3. The minimum atomic E-state index is -1.16. The Kier molecular flexibility index (Phi) is 11.3. The van der Waals surface area contributed by atoms with E-state index in [9.17, 15) is 24.3 Å². The van der Waals surface area contributed by atoms with Gasteiger partial charge >= 0.3 is 11.9 Å². The summed E-state index contributed by atoms with van der Waals surface area (Å²) in [5.41, 5.74) is -0.848. The minimum absolute atomic E-state index is 0.0183. The first kappa shape index (κ1) is 31.7. The van der Waals surface area contributed by atoms with Crippen molar-refractivity contribution in [2.45, 2.75) is 97.9 Å². The van der Waals surface area contributed by atoms with E-state index in [0.717, 1.165) is 37.3 Å². The molecule has 1 saturated heterocycles. The molecule has 0 radical (unpaired) electrons. The van der Waals surface area contributed by atoms with E-state index in [2.05, 4.69) is 15.2 Å². The first-order valence-electron chi connectivity index (χ1n) is 13.4. The second-order valence-electron chi connectivity index (χ2n) is 11.1. The standard InChI is InChI=1S/C27H44N4O6S/c1-9-17(4)22(29-26(36)27(6,7)31-12-10-11-13-31)24(33)30(8)20(16(2)3)14-21(37-18(5)32)23-28-19(15-38-23)25(34)35/h15-17,20-22H,9-14H2,1-8H3,(H,29,36)(H,34,35)/t17-,20+,21+,22-/m0/s1. The van der Waals surface area contributed by atoms with Crippen molar-refractivity contribution in [1.82, 2.24) is 20.1 Å². The Morgan fingerprint density at radius 3 is 2.29 bits per heavy atom. The molecule has 1 aromatic rings. The summed E-state index contributed by atoms with van der Waals surface area (Å²) in [5.74, 6) is -2.18. The van der Waals surface area contributed by atoms with Crippen LogP contribution in [0.25, 0.3) is 0 Å². The summed E-state index contributed by atoms with van der Waals surface area (Å²) >= 11 is 1.11. The van der Waals surface area contributed by atoms with Crippen LogP contribution in [0.15, 0.2) is 5.38 Å². The van der Waals surface area contributed by atoms with Crippen LogP contribution in [0.3, 0.4) is 0 Å². The van der Waals surface area contributed by atoms with Crippen LogP contribution in [0.4, 0.5) is 0 Å². The second-order valence-corrected chi connectivity index (χ2v) is 11.9. The molecule has 0 aromatic carbocycles. The Hall–Kier alpha value is -2.53. The van der Waals surface area contributed by atoms with Gasteiger partial charge in [-0.25, -0.2) is 9.78 Å². The number of hydrogen-bond donors (Lipinski definition) is 2. The summed E-state index contributed by atoms with van der Waals surface area (Å²) in [5, 5.41) is 14.1. The molecular formula is C27H44N4O6S. The predicted molar refractivity (Wildman–Crippen MR) is 146 cm³/mol. The minimum Gasteiger partial charge on any atom is -0.476 e. The normalized spacial score (nSPS) is 17.5. The summed E-state index contributed by atoms with van der Waals surface area (Å²) in [6, 6.07) is -1.08. The maximum absolute atomic E-state index is 13.9. The van der Waals surface area contributed by atoms with E-state index in [1.807, 2.05) is 41.5 Å². The highest BCUT2D eigenvalue weighted by atomic mass is 32.1. The Bertz CT molecular complexity index is 988. The van der Waals surface area contributed by atoms with Crippen LogP contribution in [-0.2, 0) is 19.1 Å². The fourth-order valence-corrected chi connectivity index (χ4v) is 5.67. The fraction of sp³-hybridized carbons (Fsp3) is 0.741. The zero-order valence-corrected chi connectivity index (χ0v) is 24.8. The van der Waals surface area contributed by atoms with Gasteiger partial charge < -0.3 is 20.1 Å². The lowest BCUT2D eigenvalue weighted by Gasteiger charge is -2.39. The first-order chi connectivity index (χ1) is 17.7. The summed E-state index contributed by atoms with van der Waals surface area (Å²) in [4.78, 5) is 58.5. The molecule has 0 saturated carbocycles. The quantitative estimate of drug-likeness (QED) is 0.354. The maximum atomic E-state index is 13.9. The number of aromatic nitrogens is 1. The van der Waals surface area contributed by atoms with Crippen molar-refractivity contribution in [3.8, 4) is 0 Å². The first-order valence-corrected chi connectivity index (χ1v) is 14.3. The Labute approximate surface area is 230 Å². The number of likely N-dealkylation sites (N-methyl/N-ethyl adjacent to an activating group) is 1. The van der Waals surface area contributed by atoms with Gasteiger partial charge in [-0.05, 0) is 51.6 Å². The van der Waals surface area contributed by atoms with Crippen molar-refractivity contribution < 1.29 is 29.0 Å². The lowest BCUT2D eigenvalue weighted by atomic mass is 9.92. The lowest BCUT2D eigenvalue weighted by Crippen LogP contribution is -2.60. The van der Waals surface area contributed by atoms with Gasteiger partial charge in [0.2, 0.25) is 11.8 Å². The summed E-state index contributed by atoms with van der Waals surface area (Å²) in [6.07, 6.45) is 2.25. The van der Waals surface area contributed by atoms with Crippen LogP contribution in [0.1, 0.15) is 95.7 Å². The zero-order valence-electron chi connectivity index (χ0n) is 23.9. The van der Waals surface area contributed by atoms with E-state index < -0.39 is 29.6 Å². The smallest absolute Gasteiger partial charge is 0.355 e. The number of esters is 1. The highest BCUT2D eigenvalue weighted by Gasteiger charge is 2.40. The number of aromatic carboxylic acids is 1. The number of carboxylic acids is 1. The average Bonchev–Trinajstić information content (AvgIpc) is 3.56. The highest BCUT2D eigenvalue weighted by molar-refractivity contribution is 7.09. The van der Waals surface area contributed by atoms with Gasteiger partial charge in [0, 0.05) is 31.8 Å². The third kappa shape index (κ3) is 7.75. The number of nitrogens with one attached hydrogen (secondary N) is 1. The molecule has 2 heterocycles. The third-order valence-corrected chi connectivity index (χ3v) is 8.55. The second kappa shape index (κ2) is 13.5. The van der Waals surface area contributed by atoms with Crippen molar-refractivity contribution in [1.29, 1.82) is 0 Å². The number of nitrogens with zero attached hydrogens (tertiary/aromatic N) is 3. The SMILES string of the molecule is CC[C@H](C)[C@H](NC(=O)C(C)(C)N1CCCC1)C(=O)N(C)[C@H](C[C@@H](OC(C)=O)c1nc(C(=O)O)cs1)C(C)C. The number of carbonyl (C=O) groups is 4.